The van der Waals surface area contributed by atoms with Gasteiger partial charge in [0.1, 0.15) is 12.6 Å². The van der Waals surface area contributed by atoms with E-state index in [4.69, 9.17) is 21.1 Å². The molecule has 0 aliphatic carbocycles. The molecule has 1 fully saturated rings. The highest BCUT2D eigenvalue weighted by Crippen LogP contribution is 2.19. The smallest absolute Gasteiger partial charge is 0.413 e. The van der Waals surface area contributed by atoms with Gasteiger partial charge < -0.3 is 9.47 Å². The van der Waals surface area contributed by atoms with Gasteiger partial charge in [0.05, 0.1) is 0 Å². The fourth-order valence-electron chi connectivity index (χ4n) is 2.14. The summed E-state index contributed by atoms with van der Waals surface area (Å²) >= 11 is 5.26. The first-order valence-electron chi connectivity index (χ1n) is 6.90. The number of ether oxygens (including phenoxy) is 2. The number of nitrogens with zero attached hydrogens (tertiary/aromatic N) is 1. The summed E-state index contributed by atoms with van der Waals surface area (Å²) in [5.74, 6) is -0.487. The number of cyclic esters (lactones) is 1. The van der Waals surface area contributed by atoms with Gasteiger partial charge in [-0.15, -0.1) is 0 Å². The first kappa shape index (κ1) is 16.3. The first-order chi connectivity index (χ1) is 10.6. The van der Waals surface area contributed by atoms with Crippen molar-refractivity contribution in [2.45, 2.75) is 31.9 Å². The average Bonchev–Trinajstić information content (AvgIpc) is 2.87. The van der Waals surface area contributed by atoms with Crippen LogP contribution >= 0.6 is 11.6 Å². The summed E-state index contributed by atoms with van der Waals surface area (Å²) in [6.07, 6.45) is 0.262. The molecular weight excluding hydrogens is 310 g/mol. The second-order valence-corrected chi connectivity index (χ2v) is 5.29. The lowest BCUT2D eigenvalue weighted by atomic mass is 10.1. The minimum absolute atomic E-state index is 0.122. The molecule has 22 heavy (non-hydrogen) atoms. The van der Waals surface area contributed by atoms with Crippen LogP contribution < -0.4 is 0 Å². The Bertz CT molecular complexity index is 548. The maximum atomic E-state index is 12.1. The number of carbonyl (C=O) groups excluding carboxylic acids is 3. The molecule has 1 aromatic rings. The van der Waals surface area contributed by atoms with Gasteiger partial charge in [0.2, 0.25) is 5.24 Å². The van der Waals surface area contributed by atoms with E-state index >= 15 is 0 Å². The Labute approximate surface area is 132 Å². The van der Waals surface area contributed by atoms with Gasteiger partial charge in [-0.3, -0.25) is 9.69 Å². The van der Waals surface area contributed by atoms with Crippen LogP contribution in [0, 0.1) is 0 Å². The van der Waals surface area contributed by atoms with Crippen LogP contribution in [0.2, 0.25) is 0 Å². The summed E-state index contributed by atoms with van der Waals surface area (Å²) < 4.78 is 10.1. The van der Waals surface area contributed by atoms with E-state index in [0.29, 0.717) is 12.8 Å². The SMILES string of the molecule is O=C(Cl)CCCC1C(=O)OCN1C(=O)OCc1ccccc1. The summed E-state index contributed by atoms with van der Waals surface area (Å²) in [4.78, 5) is 35.6. The van der Waals surface area contributed by atoms with E-state index < -0.39 is 23.3 Å². The number of hydrogen-bond donors (Lipinski definition) is 0. The van der Waals surface area contributed by atoms with E-state index in [0.717, 1.165) is 5.56 Å². The van der Waals surface area contributed by atoms with E-state index in [9.17, 15) is 14.4 Å². The average molecular weight is 326 g/mol. The van der Waals surface area contributed by atoms with Gasteiger partial charge in [-0.05, 0) is 30.0 Å². The Morgan fingerprint density at radius 1 is 1.32 bits per heavy atom. The zero-order valence-corrected chi connectivity index (χ0v) is 12.6. The van der Waals surface area contributed by atoms with E-state index in [2.05, 4.69) is 0 Å². The third-order valence-corrected chi connectivity index (χ3v) is 3.47. The minimum atomic E-state index is -0.723. The monoisotopic (exact) mass is 325 g/mol. The molecule has 1 heterocycles. The third kappa shape index (κ3) is 4.46. The molecule has 1 amide bonds. The van der Waals surface area contributed by atoms with Crippen LogP contribution in [0.1, 0.15) is 24.8 Å². The lowest BCUT2D eigenvalue weighted by Crippen LogP contribution is -2.38. The molecule has 0 aromatic heterocycles. The Kier molecular flexibility index (Phi) is 5.77. The number of hydrogen-bond acceptors (Lipinski definition) is 5. The van der Waals surface area contributed by atoms with Crippen LogP contribution in [0.5, 0.6) is 0 Å². The summed E-state index contributed by atoms with van der Waals surface area (Å²) in [6.45, 7) is -0.0107. The maximum absolute atomic E-state index is 12.1. The lowest BCUT2D eigenvalue weighted by molar-refractivity contribution is -0.139. The van der Waals surface area contributed by atoms with Crippen molar-refractivity contribution in [3.8, 4) is 0 Å². The Balaban J connectivity index is 1.87. The molecular formula is C15H16ClNO5. The van der Waals surface area contributed by atoms with Crippen molar-refractivity contribution in [2.75, 3.05) is 6.73 Å². The van der Waals surface area contributed by atoms with Gasteiger partial charge in [0, 0.05) is 6.42 Å². The second kappa shape index (κ2) is 7.79. The van der Waals surface area contributed by atoms with E-state index in [-0.39, 0.29) is 19.8 Å². The topological polar surface area (TPSA) is 72.9 Å². The van der Waals surface area contributed by atoms with Gasteiger partial charge in [-0.25, -0.2) is 9.59 Å². The highest BCUT2D eigenvalue weighted by molar-refractivity contribution is 6.63. The van der Waals surface area contributed by atoms with E-state index in [1.165, 1.54) is 4.90 Å². The van der Waals surface area contributed by atoms with Crippen molar-refractivity contribution in [1.29, 1.82) is 0 Å². The van der Waals surface area contributed by atoms with E-state index in [1.807, 2.05) is 30.3 Å². The number of rotatable bonds is 6. The molecule has 1 aliphatic heterocycles. The van der Waals surface area contributed by atoms with Crippen molar-refractivity contribution < 1.29 is 23.9 Å². The van der Waals surface area contributed by atoms with Crippen molar-refractivity contribution in [1.82, 2.24) is 4.90 Å². The van der Waals surface area contributed by atoms with Crippen LogP contribution in [0.15, 0.2) is 30.3 Å². The van der Waals surface area contributed by atoms with Gasteiger partial charge in [0.25, 0.3) is 0 Å². The van der Waals surface area contributed by atoms with Crippen molar-refractivity contribution in [2.24, 2.45) is 0 Å². The molecule has 1 aliphatic rings. The highest BCUT2D eigenvalue weighted by Gasteiger charge is 2.38. The van der Waals surface area contributed by atoms with Crippen LogP contribution in [0.4, 0.5) is 4.79 Å². The normalized spacial score (nSPS) is 17.2. The summed E-state index contributed by atoms with van der Waals surface area (Å²) in [5.41, 5.74) is 0.853. The van der Waals surface area contributed by atoms with Crippen molar-refractivity contribution in [3.05, 3.63) is 35.9 Å². The van der Waals surface area contributed by atoms with E-state index in [1.54, 1.807) is 0 Å². The molecule has 0 radical (unpaired) electrons. The fraction of sp³-hybridized carbons (Fsp3) is 0.400. The molecule has 0 saturated carbocycles. The molecule has 0 spiro atoms. The lowest BCUT2D eigenvalue weighted by Gasteiger charge is -2.19. The highest BCUT2D eigenvalue weighted by atomic mass is 35.5. The maximum Gasteiger partial charge on any atom is 0.413 e. The largest absolute Gasteiger partial charge is 0.444 e. The summed E-state index contributed by atoms with van der Waals surface area (Å²) in [5, 5.41) is -0.468. The Morgan fingerprint density at radius 2 is 2.05 bits per heavy atom. The van der Waals surface area contributed by atoms with Crippen LogP contribution in [0.25, 0.3) is 0 Å². The van der Waals surface area contributed by atoms with Crippen LogP contribution in [0.3, 0.4) is 0 Å². The molecule has 6 nitrogen and oxygen atoms in total. The molecule has 1 unspecified atom stereocenters. The van der Waals surface area contributed by atoms with Gasteiger partial charge in [-0.1, -0.05) is 30.3 Å². The second-order valence-electron chi connectivity index (χ2n) is 4.87. The predicted octanol–water partition coefficient (Wildman–Crippen LogP) is 2.44. The molecule has 7 heteroatoms. The quantitative estimate of drug-likeness (QED) is 0.593. The van der Waals surface area contributed by atoms with Crippen molar-refractivity contribution in [3.63, 3.8) is 0 Å². The van der Waals surface area contributed by atoms with Gasteiger partial charge in [-0.2, -0.15) is 0 Å². The summed E-state index contributed by atoms with van der Waals surface area (Å²) in [7, 11) is 0. The zero-order valence-electron chi connectivity index (χ0n) is 11.9. The van der Waals surface area contributed by atoms with Gasteiger partial charge in [0.15, 0.2) is 6.73 Å². The molecule has 1 saturated heterocycles. The minimum Gasteiger partial charge on any atom is -0.444 e. The number of halogens is 1. The Hall–Kier alpha value is -2.08. The molecule has 1 aromatic carbocycles. The Morgan fingerprint density at radius 3 is 2.73 bits per heavy atom. The molecule has 2 rings (SSSR count). The van der Waals surface area contributed by atoms with Gasteiger partial charge >= 0.3 is 12.1 Å². The predicted molar refractivity (Wildman–Crippen MR) is 77.9 cm³/mol. The number of esters is 1. The number of amides is 1. The number of carbonyl (C=O) groups is 3. The molecule has 0 N–H and O–H groups in total. The zero-order chi connectivity index (χ0) is 15.9. The molecule has 1 atom stereocenters. The first-order valence-corrected chi connectivity index (χ1v) is 7.28. The standard InChI is InChI=1S/C15H16ClNO5/c16-13(18)8-4-7-12-14(19)22-10-17(12)15(20)21-9-11-5-2-1-3-6-11/h1-3,5-6,12H,4,7-10H2. The molecule has 118 valence electrons. The molecule has 0 bridgehead atoms. The van der Waals surface area contributed by atoms with Crippen LogP contribution in [-0.4, -0.2) is 35.0 Å². The van der Waals surface area contributed by atoms with Crippen molar-refractivity contribution >= 4 is 28.9 Å². The number of benzene rings is 1. The summed E-state index contributed by atoms with van der Waals surface area (Å²) in [6, 6.07) is 8.51. The third-order valence-electron chi connectivity index (χ3n) is 3.28. The van der Waals surface area contributed by atoms with Crippen LogP contribution in [-0.2, 0) is 25.7 Å². The fourth-order valence-corrected chi connectivity index (χ4v) is 2.27.